The lowest BCUT2D eigenvalue weighted by atomic mass is 10.1. The predicted octanol–water partition coefficient (Wildman–Crippen LogP) is 4.24. The minimum absolute atomic E-state index is 0.0298. The number of anilines is 1. The average Bonchev–Trinajstić information content (AvgIpc) is 3.43. The quantitative estimate of drug-likeness (QED) is 0.830. The van der Waals surface area contributed by atoms with Crippen LogP contribution in [0.15, 0.2) is 30.6 Å². The summed E-state index contributed by atoms with van der Waals surface area (Å²) >= 11 is 12.1. The van der Waals surface area contributed by atoms with Crippen molar-refractivity contribution in [2.75, 3.05) is 24.6 Å². The van der Waals surface area contributed by atoms with Crippen molar-refractivity contribution >= 4 is 29.0 Å². The topological polar surface area (TPSA) is 38.2 Å². The molecule has 4 nitrogen and oxygen atoms in total. The van der Waals surface area contributed by atoms with Gasteiger partial charge in [0, 0.05) is 30.8 Å². The Morgan fingerprint density at radius 3 is 2.74 bits per heavy atom. The average molecular weight is 350 g/mol. The lowest BCUT2D eigenvalue weighted by Crippen LogP contribution is -2.39. The number of nitrogens with zero attached hydrogens (tertiary/aromatic N) is 3. The molecule has 2 aliphatic rings. The van der Waals surface area contributed by atoms with Crippen LogP contribution in [0.25, 0.3) is 0 Å². The zero-order valence-corrected chi connectivity index (χ0v) is 14.1. The van der Waals surface area contributed by atoms with Crippen LogP contribution in [0.2, 0.25) is 10.0 Å². The molecule has 1 aromatic heterocycles. The fourth-order valence-electron chi connectivity index (χ4n) is 2.91. The predicted molar refractivity (Wildman–Crippen MR) is 91.4 cm³/mol. The van der Waals surface area contributed by atoms with Crippen LogP contribution in [0.5, 0.6) is 0 Å². The SMILES string of the molecule is Clc1ccc([C@H]2CN(c3cc(C4CC4)ncn3)CCO2)cc1Cl. The molecule has 0 amide bonds. The molecule has 1 saturated carbocycles. The number of morpholine rings is 1. The molecule has 4 rings (SSSR count). The van der Waals surface area contributed by atoms with Crippen LogP contribution < -0.4 is 4.90 Å². The van der Waals surface area contributed by atoms with Crippen molar-refractivity contribution in [3.8, 4) is 0 Å². The van der Waals surface area contributed by atoms with E-state index < -0.39 is 0 Å². The Bertz CT molecular complexity index is 721. The number of hydrogen-bond acceptors (Lipinski definition) is 4. The summed E-state index contributed by atoms with van der Waals surface area (Å²) in [5, 5.41) is 1.12. The summed E-state index contributed by atoms with van der Waals surface area (Å²) in [5.74, 6) is 1.61. The van der Waals surface area contributed by atoms with Gasteiger partial charge in [-0.15, -0.1) is 0 Å². The van der Waals surface area contributed by atoms with E-state index in [4.69, 9.17) is 27.9 Å². The Morgan fingerprint density at radius 1 is 1.09 bits per heavy atom. The summed E-state index contributed by atoms with van der Waals surface area (Å²) in [7, 11) is 0. The summed E-state index contributed by atoms with van der Waals surface area (Å²) in [5.41, 5.74) is 2.20. The smallest absolute Gasteiger partial charge is 0.132 e. The number of aromatic nitrogens is 2. The van der Waals surface area contributed by atoms with E-state index in [-0.39, 0.29) is 6.10 Å². The van der Waals surface area contributed by atoms with Gasteiger partial charge in [0.25, 0.3) is 0 Å². The maximum Gasteiger partial charge on any atom is 0.132 e. The highest BCUT2D eigenvalue weighted by Gasteiger charge is 2.27. The van der Waals surface area contributed by atoms with Crippen molar-refractivity contribution in [3.63, 3.8) is 0 Å². The van der Waals surface area contributed by atoms with Gasteiger partial charge in [-0.05, 0) is 30.5 Å². The third-order valence-electron chi connectivity index (χ3n) is 4.38. The van der Waals surface area contributed by atoms with Crippen molar-refractivity contribution in [1.29, 1.82) is 0 Å². The van der Waals surface area contributed by atoms with E-state index >= 15 is 0 Å². The monoisotopic (exact) mass is 349 g/mol. The summed E-state index contributed by atoms with van der Waals surface area (Å²) in [6.45, 7) is 2.24. The third-order valence-corrected chi connectivity index (χ3v) is 5.11. The van der Waals surface area contributed by atoms with Gasteiger partial charge in [0.2, 0.25) is 0 Å². The van der Waals surface area contributed by atoms with E-state index in [1.54, 1.807) is 6.33 Å². The first-order valence-electron chi connectivity index (χ1n) is 7.84. The molecule has 1 saturated heterocycles. The van der Waals surface area contributed by atoms with Crippen molar-refractivity contribution in [3.05, 3.63) is 51.9 Å². The number of hydrogen-bond donors (Lipinski definition) is 0. The first kappa shape index (κ1) is 15.2. The molecule has 0 unspecified atom stereocenters. The van der Waals surface area contributed by atoms with Crippen molar-refractivity contribution in [2.24, 2.45) is 0 Å². The second kappa shape index (κ2) is 6.27. The highest BCUT2D eigenvalue weighted by molar-refractivity contribution is 6.42. The standard InChI is InChI=1S/C17H17Cl2N3O/c18-13-4-3-12(7-14(13)19)16-9-22(5-6-23-16)17-8-15(11-1-2-11)20-10-21-17/h3-4,7-8,10-11,16H,1-2,5-6,9H2/t16-/m1/s1. The zero-order valence-electron chi connectivity index (χ0n) is 12.6. The molecule has 2 heterocycles. The lowest BCUT2D eigenvalue weighted by Gasteiger charge is -2.34. The molecule has 2 aromatic rings. The number of benzene rings is 1. The Kier molecular flexibility index (Phi) is 4.14. The first-order chi connectivity index (χ1) is 11.2. The zero-order chi connectivity index (χ0) is 15.8. The van der Waals surface area contributed by atoms with Gasteiger partial charge in [0.05, 0.1) is 16.7 Å². The fraction of sp³-hybridized carbons (Fsp3) is 0.412. The van der Waals surface area contributed by atoms with Crippen LogP contribution in [0, 0.1) is 0 Å². The van der Waals surface area contributed by atoms with E-state index in [1.165, 1.54) is 12.8 Å². The van der Waals surface area contributed by atoms with Gasteiger partial charge in [-0.1, -0.05) is 29.3 Å². The Morgan fingerprint density at radius 2 is 1.96 bits per heavy atom. The van der Waals surface area contributed by atoms with Crippen molar-refractivity contribution in [2.45, 2.75) is 24.9 Å². The highest BCUT2D eigenvalue weighted by atomic mass is 35.5. The normalized spacial score (nSPS) is 21.5. The fourth-order valence-corrected chi connectivity index (χ4v) is 3.22. The van der Waals surface area contributed by atoms with Crippen LogP contribution in [0.1, 0.15) is 36.1 Å². The van der Waals surface area contributed by atoms with Gasteiger partial charge in [0.15, 0.2) is 0 Å². The first-order valence-corrected chi connectivity index (χ1v) is 8.60. The Labute approximate surface area is 145 Å². The minimum Gasteiger partial charge on any atom is -0.370 e. The molecule has 1 aliphatic heterocycles. The van der Waals surface area contributed by atoms with Gasteiger partial charge in [-0.2, -0.15) is 0 Å². The van der Waals surface area contributed by atoms with Gasteiger partial charge < -0.3 is 9.64 Å². The Balaban J connectivity index is 1.54. The molecular formula is C17H17Cl2N3O. The molecule has 120 valence electrons. The Hall–Kier alpha value is -1.36. The molecule has 1 atom stereocenters. The van der Waals surface area contributed by atoms with E-state index in [1.807, 2.05) is 18.2 Å². The molecule has 6 heteroatoms. The van der Waals surface area contributed by atoms with Crippen molar-refractivity contribution in [1.82, 2.24) is 9.97 Å². The number of halogens is 2. The van der Waals surface area contributed by atoms with Crippen LogP contribution in [0.4, 0.5) is 5.82 Å². The second-order valence-corrected chi connectivity index (χ2v) is 6.87. The maximum absolute atomic E-state index is 6.13. The van der Waals surface area contributed by atoms with E-state index in [2.05, 4.69) is 20.9 Å². The van der Waals surface area contributed by atoms with Crippen LogP contribution in [-0.2, 0) is 4.74 Å². The number of ether oxygens (including phenoxy) is 1. The molecular weight excluding hydrogens is 333 g/mol. The molecule has 23 heavy (non-hydrogen) atoms. The molecule has 0 spiro atoms. The summed E-state index contributed by atoms with van der Waals surface area (Å²) in [6, 6.07) is 7.79. The number of rotatable bonds is 3. The van der Waals surface area contributed by atoms with E-state index in [0.29, 0.717) is 22.6 Å². The second-order valence-electron chi connectivity index (χ2n) is 6.05. The minimum atomic E-state index is -0.0298. The highest BCUT2D eigenvalue weighted by Crippen LogP contribution is 2.39. The largest absolute Gasteiger partial charge is 0.370 e. The summed E-state index contributed by atoms with van der Waals surface area (Å²) < 4.78 is 5.91. The van der Waals surface area contributed by atoms with E-state index in [9.17, 15) is 0 Å². The van der Waals surface area contributed by atoms with Gasteiger partial charge in [0.1, 0.15) is 18.2 Å². The molecule has 2 fully saturated rings. The maximum atomic E-state index is 6.13. The van der Waals surface area contributed by atoms with E-state index in [0.717, 1.165) is 30.2 Å². The van der Waals surface area contributed by atoms with Crippen LogP contribution in [-0.4, -0.2) is 29.7 Å². The molecule has 0 bridgehead atoms. The molecule has 0 N–H and O–H groups in total. The van der Waals surface area contributed by atoms with Crippen LogP contribution in [0.3, 0.4) is 0 Å². The molecule has 1 aliphatic carbocycles. The van der Waals surface area contributed by atoms with Crippen LogP contribution >= 0.6 is 23.2 Å². The van der Waals surface area contributed by atoms with Crippen molar-refractivity contribution < 1.29 is 4.74 Å². The summed E-state index contributed by atoms with van der Waals surface area (Å²) in [4.78, 5) is 11.1. The van der Waals surface area contributed by atoms with Gasteiger partial charge in [-0.25, -0.2) is 9.97 Å². The third kappa shape index (κ3) is 3.30. The molecule has 0 radical (unpaired) electrons. The summed E-state index contributed by atoms with van der Waals surface area (Å²) in [6.07, 6.45) is 4.13. The molecule has 1 aromatic carbocycles. The lowest BCUT2D eigenvalue weighted by molar-refractivity contribution is 0.0395. The van der Waals surface area contributed by atoms with Gasteiger partial charge in [-0.3, -0.25) is 0 Å². The van der Waals surface area contributed by atoms with Gasteiger partial charge >= 0.3 is 0 Å².